The van der Waals surface area contributed by atoms with E-state index in [1.165, 1.54) is 0 Å². The highest BCUT2D eigenvalue weighted by Gasteiger charge is 2.17. The predicted octanol–water partition coefficient (Wildman–Crippen LogP) is 2.03. The average Bonchev–Trinajstić information content (AvgIpc) is 2.56. The molecule has 1 amide bonds. The second kappa shape index (κ2) is 10.7. The third kappa shape index (κ3) is 7.56. The van der Waals surface area contributed by atoms with Gasteiger partial charge in [-0.15, -0.1) is 0 Å². The summed E-state index contributed by atoms with van der Waals surface area (Å²) in [4.78, 5) is 27.7. The van der Waals surface area contributed by atoms with Crippen LogP contribution in [0, 0.1) is 13.8 Å². The molecule has 0 radical (unpaired) electrons. The Labute approximate surface area is 150 Å². The SMILES string of the molecule is CCOC(=O)CCN(CCN(C)C)C(=O)COc1cccc(C)c1C. The van der Waals surface area contributed by atoms with Gasteiger partial charge in [0.2, 0.25) is 0 Å². The Morgan fingerprint density at radius 3 is 2.44 bits per heavy atom. The van der Waals surface area contributed by atoms with Crippen molar-refractivity contribution >= 4 is 11.9 Å². The molecule has 0 saturated carbocycles. The number of likely N-dealkylation sites (N-methyl/N-ethyl adjacent to an activating group) is 1. The fourth-order valence-corrected chi connectivity index (χ4v) is 2.25. The second-order valence-electron chi connectivity index (χ2n) is 6.23. The van der Waals surface area contributed by atoms with Crippen LogP contribution in [0.4, 0.5) is 0 Å². The summed E-state index contributed by atoms with van der Waals surface area (Å²) in [5.41, 5.74) is 2.15. The fraction of sp³-hybridized carbons (Fsp3) is 0.579. The van der Waals surface area contributed by atoms with E-state index in [1.807, 2.05) is 51.0 Å². The Morgan fingerprint density at radius 2 is 1.80 bits per heavy atom. The van der Waals surface area contributed by atoms with Gasteiger partial charge in [0, 0.05) is 19.6 Å². The van der Waals surface area contributed by atoms with Crippen LogP contribution in [0.15, 0.2) is 18.2 Å². The minimum absolute atomic E-state index is 0.0411. The molecule has 0 fully saturated rings. The first kappa shape index (κ1) is 21.0. The smallest absolute Gasteiger partial charge is 0.307 e. The summed E-state index contributed by atoms with van der Waals surface area (Å²) in [6, 6.07) is 5.78. The van der Waals surface area contributed by atoms with Gasteiger partial charge in [0.15, 0.2) is 6.61 Å². The van der Waals surface area contributed by atoms with E-state index in [0.29, 0.717) is 25.4 Å². The zero-order chi connectivity index (χ0) is 18.8. The maximum absolute atomic E-state index is 12.5. The number of hydrogen-bond donors (Lipinski definition) is 0. The number of aryl methyl sites for hydroxylation is 1. The summed E-state index contributed by atoms with van der Waals surface area (Å²) in [5.74, 6) is 0.291. The Hall–Kier alpha value is -2.08. The minimum atomic E-state index is -0.291. The van der Waals surface area contributed by atoms with Gasteiger partial charge in [-0.2, -0.15) is 0 Å². The van der Waals surface area contributed by atoms with E-state index in [4.69, 9.17) is 9.47 Å². The molecular formula is C19H30N2O4. The van der Waals surface area contributed by atoms with Crippen molar-refractivity contribution in [3.05, 3.63) is 29.3 Å². The zero-order valence-electron chi connectivity index (χ0n) is 16.0. The van der Waals surface area contributed by atoms with Crippen LogP contribution in [0.5, 0.6) is 5.75 Å². The van der Waals surface area contributed by atoms with Gasteiger partial charge in [0.25, 0.3) is 5.91 Å². The molecule has 1 aromatic rings. The van der Waals surface area contributed by atoms with E-state index < -0.39 is 0 Å². The molecule has 0 spiro atoms. The first-order valence-electron chi connectivity index (χ1n) is 8.62. The number of amides is 1. The lowest BCUT2D eigenvalue weighted by Crippen LogP contribution is -2.40. The molecule has 140 valence electrons. The summed E-state index contributed by atoms with van der Waals surface area (Å²) < 4.78 is 10.6. The summed E-state index contributed by atoms with van der Waals surface area (Å²) in [7, 11) is 3.89. The predicted molar refractivity (Wildman–Crippen MR) is 97.8 cm³/mol. The molecule has 6 heteroatoms. The molecule has 0 aliphatic carbocycles. The Bertz CT molecular complexity index is 573. The highest BCUT2D eigenvalue weighted by atomic mass is 16.5. The van der Waals surface area contributed by atoms with Crippen LogP contribution in [-0.2, 0) is 14.3 Å². The number of nitrogens with zero attached hydrogens (tertiary/aromatic N) is 2. The van der Waals surface area contributed by atoms with Gasteiger partial charge in [0.05, 0.1) is 13.0 Å². The number of rotatable bonds is 10. The third-order valence-electron chi connectivity index (χ3n) is 3.97. The van der Waals surface area contributed by atoms with E-state index in [0.717, 1.165) is 17.7 Å². The summed E-state index contributed by atoms with van der Waals surface area (Å²) in [6.45, 7) is 7.65. The molecule has 0 heterocycles. The van der Waals surface area contributed by atoms with Crippen molar-refractivity contribution in [2.75, 3.05) is 46.9 Å². The second-order valence-corrected chi connectivity index (χ2v) is 6.23. The molecule has 0 aliphatic rings. The van der Waals surface area contributed by atoms with Gasteiger partial charge in [-0.05, 0) is 52.1 Å². The first-order chi connectivity index (χ1) is 11.8. The van der Waals surface area contributed by atoms with Crippen molar-refractivity contribution in [3.63, 3.8) is 0 Å². The number of hydrogen-bond acceptors (Lipinski definition) is 5. The normalized spacial score (nSPS) is 10.6. The molecule has 0 N–H and O–H groups in total. The van der Waals surface area contributed by atoms with Crippen molar-refractivity contribution in [1.82, 2.24) is 9.80 Å². The highest BCUT2D eigenvalue weighted by molar-refractivity contribution is 5.78. The lowest BCUT2D eigenvalue weighted by atomic mass is 10.1. The van der Waals surface area contributed by atoms with Gasteiger partial charge >= 0.3 is 5.97 Å². The summed E-state index contributed by atoms with van der Waals surface area (Å²) in [5, 5.41) is 0. The number of benzene rings is 1. The summed E-state index contributed by atoms with van der Waals surface area (Å²) in [6.07, 6.45) is 0.191. The summed E-state index contributed by atoms with van der Waals surface area (Å²) >= 11 is 0. The zero-order valence-corrected chi connectivity index (χ0v) is 16.0. The Kier molecular flexibility index (Phi) is 8.99. The van der Waals surface area contributed by atoms with Gasteiger partial charge in [-0.1, -0.05) is 12.1 Å². The maximum Gasteiger partial charge on any atom is 0.307 e. The van der Waals surface area contributed by atoms with Gasteiger partial charge < -0.3 is 19.3 Å². The lowest BCUT2D eigenvalue weighted by molar-refractivity contribution is -0.144. The van der Waals surface area contributed by atoms with E-state index >= 15 is 0 Å². The quantitative estimate of drug-likeness (QED) is 0.604. The van der Waals surface area contributed by atoms with E-state index in [-0.39, 0.29) is 24.9 Å². The third-order valence-corrected chi connectivity index (χ3v) is 3.97. The molecule has 0 aliphatic heterocycles. The highest BCUT2D eigenvalue weighted by Crippen LogP contribution is 2.20. The molecule has 0 atom stereocenters. The molecule has 1 rings (SSSR count). The van der Waals surface area contributed by atoms with Crippen LogP contribution in [0.2, 0.25) is 0 Å². The molecule has 0 unspecified atom stereocenters. The van der Waals surface area contributed by atoms with E-state index in [2.05, 4.69) is 0 Å². The van der Waals surface area contributed by atoms with E-state index in [9.17, 15) is 9.59 Å². The number of carbonyl (C=O) groups is 2. The molecule has 6 nitrogen and oxygen atoms in total. The topological polar surface area (TPSA) is 59.1 Å². The average molecular weight is 350 g/mol. The van der Waals surface area contributed by atoms with Gasteiger partial charge in [-0.3, -0.25) is 9.59 Å². The number of ether oxygens (including phenoxy) is 2. The van der Waals surface area contributed by atoms with Crippen LogP contribution in [0.3, 0.4) is 0 Å². The fourth-order valence-electron chi connectivity index (χ4n) is 2.25. The largest absolute Gasteiger partial charge is 0.483 e. The van der Waals surface area contributed by atoms with Crippen molar-refractivity contribution in [3.8, 4) is 5.75 Å². The van der Waals surface area contributed by atoms with Crippen molar-refractivity contribution < 1.29 is 19.1 Å². The van der Waals surface area contributed by atoms with Crippen molar-refractivity contribution in [2.45, 2.75) is 27.2 Å². The van der Waals surface area contributed by atoms with Gasteiger partial charge in [0.1, 0.15) is 5.75 Å². The standard InChI is InChI=1S/C19H30N2O4/c1-6-24-19(23)10-11-21(13-12-20(4)5)18(22)14-25-17-9-7-8-15(2)16(17)3/h7-9H,6,10-14H2,1-5H3. The molecule has 1 aromatic carbocycles. The molecule has 0 bridgehead atoms. The first-order valence-corrected chi connectivity index (χ1v) is 8.62. The van der Waals surface area contributed by atoms with E-state index in [1.54, 1.807) is 11.8 Å². The van der Waals surface area contributed by atoms with Crippen molar-refractivity contribution in [2.24, 2.45) is 0 Å². The van der Waals surface area contributed by atoms with Crippen LogP contribution in [-0.4, -0.2) is 68.6 Å². The number of carbonyl (C=O) groups excluding carboxylic acids is 2. The van der Waals surface area contributed by atoms with Gasteiger partial charge in [-0.25, -0.2) is 0 Å². The Morgan fingerprint density at radius 1 is 1.08 bits per heavy atom. The lowest BCUT2D eigenvalue weighted by Gasteiger charge is -2.24. The number of esters is 1. The van der Waals surface area contributed by atoms with Crippen LogP contribution in [0.25, 0.3) is 0 Å². The van der Waals surface area contributed by atoms with Crippen LogP contribution in [0.1, 0.15) is 24.5 Å². The maximum atomic E-state index is 12.5. The Balaban J connectivity index is 2.64. The van der Waals surface area contributed by atoms with Crippen LogP contribution < -0.4 is 4.74 Å². The molecular weight excluding hydrogens is 320 g/mol. The van der Waals surface area contributed by atoms with Crippen LogP contribution >= 0.6 is 0 Å². The molecule has 25 heavy (non-hydrogen) atoms. The monoisotopic (exact) mass is 350 g/mol. The molecule has 0 saturated heterocycles. The van der Waals surface area contributed by atoms with Crippen molar-refractivity contribution in [1.29, 1.82) is 0 Å². The minimum Gasteiger partial charge on any atom is -0.483 e. The molecule has 0 aromatic heterocycles.